The van der Waals surface area contributed by atoms with Gasteiger partial charge in [-0.2, -0.15) is 5.10 Å². The van der Waals surface area contributed by atoms with Crippen LogP contribution in [0.4, 0.5) is 0 Å². The second-order valence-corrected chi connectivity index (χ2v) is 6.81. The summed E-state index contributed by atoms with van der Waals surface area (Å²) in [7, 11) is 1.47. The van der Waals surface area contributed by atoms with Gasteiger partial charge in [-0.3, -0.25) is 4.79 Å². The minimum absolute atomic E-state index is 0.262. The molecule has 0 heterocycles. The molecule has 0 aliphatic carbocycles. The summed E-state index contributed by atoms with van der Waals surface area (Å²) in [5, 5.41) is 4.50. The molecule has 1 N–H and O–H groups in total. The minimum Gasteiger partial charge on any atom is -0.493 e. The SMILES string of the molecule is COc1cc(/C=N\NC(=O)c2cccc(C)c2)ccc1OC(=O)c1ccc(Cl)cc1. The van der Waals surface area contributed by atoms with Crippen molar-refractivity contribution in [2.24, 2.45) is 5.10 Å². The summed E-state index contributed by atoms with van der Waals surface area (Å²) < 4.78 is 10.7. The van der Waals surface area contributed by atoms with Crippen LogP contribution in [0.2, 0.25) is 5.02 Å². The van der Waals surface area contributed by atoms with Gasteiger partial charge in [-0.25, -0.2) is 10.2 Å². The maximum absolute atomic E-state index is 12.3. The number of aryl methyl sites for hydroxylation is 1. The molecule has 0 aliphatic heterocycles. The van der Waals surface area contributed by atoms with Crippen LogP contribution >= 0.6 is 11.6 Å². The Kier molecular flexibility index (Phi) is 6.83. The first-order chi connectivity index (χ1) is 14.5. The number of esters is 1. The van der Waals surface area contributed by atoms with Gasteiger partial charge < -0.3 is 9.47 Å². The van der Waals surface area contributed by atoms with Crippen LogP contribution in [0.15, 0.2) is 71.8 Å². The van der Waals surface area contributed by atoms with Gasteiger partial charge in [0.15, 0.2) is 11.5 Å². The van der Waals surface area contributed by atoms with Crippen molar-refractivity contribution in [3.05, 3.63) is 94.0 Å². The smallest absolute Gasteiger partial charge is 0.343 e. The number of amides is 1. The molecule has 0 fully saturated rings. The number of hydrazone groups is 1. The van der Waals surface area contributed by atoms with Crippen LogP contribution in [0.25, 0.3) is 0 Å². The fourth-order valence-electron chi connectivity index (χ4n) is 2.61. The molecule has 6 nitrogen and oxygen atoms in total. The molecule has 0 unspecified atom stereocenters. The van der Waals surface area contributed by atoms with Crippen molar-refractivity contribution in [1.29, 1.82) is 0 Å². The number of halogens is 1. The lowest BCUT2D eigenvalue weighted by Crippen LogP contribution is -2.17. The molecule has 0 saturated carbocycles. The van der Waals surface area contributed by atoms with Crippen LogP contribution in [0.1, 0.15) is 31.8 Å². The molecule has 0 radical (unpaired) electrons. The standard InChI is InChI=1S/C23H19ClN2O4/c1-15-4-3-5-18(12-15)22(27)26-25-14-16-6-11-20(21(13-16)29-2)30-23(28)17-7-9-19(24)10-8-17/h3-14H,1-2H3,(H,26,27)/b25-14-. The number of nitrogens with zero attached hydrogens (tertiary/aromatic N) is 1. The summed E-state index contributed by atoms with van der Waals surface area (Å²) in [6.45, 7) is 1.91. The minimum atomic E-state index is -0.531. The third-order valence-corrected chi connectivity index (χ3v) is 4.38. The zero-order valence-electron chi connectivity index (χ0n) is 16.4. The number of hydrogen-bond donors (Lipinski definition) is 1. The Morgan fingerprint density at radius 3 is 2.43 bits per heavy atom. The molecule has 1 amide bonds. The van der Waals surface area contributed by atoms with Crippen molar-refractivity contribution < 1.29 is 19.1 Å². The van der Waals surface area contributed by atoms with Gasteiger partial charge in [0.25, 0.3) is 5.91 Å². The van der Waals surface area contributed by atoms with Crippen molar-refractivity contribution in [1.82, 2.24) is 5.43 Å². The van der Waals surface area contributed by atoms with Gasteiger partial charge in [0, 0.05) is 10.6 Å². The second kappa shape index (κ2) is 9.71. The van der Waals surface area contributed by atoms with Crippen LogP contribution in [-0.4, -0.2) is 25.2 Å². The molecule has 0 saturated heterocycles. The summed E-state index contributed by atoms with van der Waals surface area (Å²) in [6, 6.07) is 18.5. The Balaban J connectivity index is 1.67. The van der Waals surface area contributed by atoms with Gasteiger partial charge >= 0.3 is 5.97 Å². The Labute approximate surface area is 179 Å². The van der Waals surface area contributed by atoms with Crippen LogP contribution < -0.4 is 14.9 Å². The van der Waals surface area contributed by atoms with E-state index in [1.165, 1.54) is 13.3 Å². The van der Waals surface area contributed by atoms with Gasteiger partial charge in [-0.1, -0.05) is 29.3 Å². The van der Waals surface area contributed by atoms with Gasteiger partial charge in [0.05, 0.1) is 18.9 Å². The highest BCUT2D eigenvalue weighted by molar-refractivity contribution is 6.30. The van der Waals surface area contributed by atoms with E-state index >= 15 is 0 Å². The van der Waals surface area contributed by atoms with Crippen molar-refractivity contribution in [2.75, 3.05) is 7.11 Å². The summed E-state index contributed by atoms with van der Waals surface area (Å²) in [5.74, 6) is -0.225. The number of ether oxygens (including phenoxy) is 2. The zero-order chi connectivity index (χ0) is 21.5. The van der Waals surface area contributed by atoms with Crippen molar-refractivity contribution in [3.8, 4) is 11.5 Å². The molecule has 3 aromatic carbocycles. The molecule has 7 heteroatoms. The summed E-state index contributed by atoms with van der Waals surface area (Å²) in [4.78, 5) is 24.4. The maximum atomic E-state index is 12.3. The maximum Gasteiger partial charge on any atom is 0.343 e. The highest BCUT2D eigenvalue weighted by Crippen LogP contribution is 2.28. The Hall–Kier alpha value is -3.64. The first kappa shape index (κ1) is 21.1. The molecule has 0 spiro atoms. The second-order valence-electron chi connectivity index (χ2n) is 6.38. The largest absolute Gasteiger partial charge is 0.493 e. The van der Waals surface area contributed by atoms with E-state index in [4.69, 9.17) is 21.1 Å². The Bertz CT molecular complexity index is 1090. The highest BCUT2D eigenvalue weighted by atomic mass is 35.5. The van der Waals surface area contributed by atoms with Crippen LogP contribution in [-0.2, 0) is 0 Å². The summed E-state index contributed by atoms with van der Waals surface area (Å²) >= 11 is 5.83. The third-order valence-electron chi connectivity index (χ3n) is 4.13. The Morgan fingerprint density at radius 1 is 0.967 bits per heavy atom. The number of benzene rings is 3. The summed E-state index contributed by atoms with van der Waals surface area (Å²) in [5.41, 5.74) is 5.01. The van der Waals surface area contributed by atoms with E-state index in [1.807, 2.05) is 19.1 Å². The fourth-order valence-corrected chi connectivity index (χ4v) is 2.74. The van der Waals surface area contributed by atoms with Gasteiger partial charge in [-0.05, 0) is 67.1 Å². The lowest BCUT2D eigenvalue weighted by Gasteiger charge is -2.10. The first-order valence-corrected chi connectivity index (χ1v) is 9.40. The molecule has 0 bridgehead atoms. The Morgan fingerprint density at radius 2 is 1.73 bits per heavy atom. The van der Waals surface area contributed by atoms with Crippen molar-refractivity contribution >= 4 is 29.7 Å². The monoisotopic (exact) mass is 422 g/mol. The molecular weight excluding hydrogens is 404 g/mol. The van der Waals surface area contributed by atoms with E-state index in [0.717, 1.165) is 5.56 Å². The fraction of sp³-hybridized carbons (Fsp3) is 0.0870. The van der Waals surface area contributed by atoms with E-state index < -0.39 is 5.97 Å². The average Bonchev–Trinajstić information content (AvgIpc) is 2.75. The van der Waals surface area contributed by atoms with E-state index in [0.29, 0.717) is 27.5 Å². The van der Waals surface area contributed by atoms with E-state index in [1.54, 1.807) is 54.6 Å². The summed E-state index contributed by atoms with van der Waals surface area (Å²) in [6.07, 6.45) is 1.47. The highest BCUT2D eigenvalue weighted by Gasteiger charge is 2.13. The quantitative estimate of drug-likeness (QED) is 0.272. The lowest BCUT2D eigenvalue weighted by molar-refractivity contribution is 0.0729. The van der Waals surface area contributed by atoms with Crippen molar-refractivity contribution in [3.63, 3.8) is 0 Å². The molecule has 3 rings (SSSR count). The lowest BCUT2D eigenvalue weighted by atomic mass is 10.1. The van der Waals surface area contributed by atoms with Crippen LogP contribution in [0.5, 0.6) is 11.5 Å². The van der Waals surface area contributed by atoms with E-state index in [2.05, 4.69) is 10.5 Å². The van der Waals surface area contributed by atoms with Crippen molar-refractivity contribution in [2.45, 2.75) is 6.92 Å². The topological polar surface area (TPSA) is 77.0 Å². The van der Waals surface area contributed by atoms with Gasteiger partial charge in [0.1, 0.15) is 0 Å². The molecule has 152 valence electrons. The predicted octanol–water partition coefficient (Wildman–Crippen LogP) is 4.64. The van der Waals surface area contributed by atoms with Crippen LogP contribution in [0, 0.1) is 6.92 Å². The van der Waals surface area contributed by atoms with E-state index in [-0.39, 0.29) is 11.7 Å². The molecule has 3 aromatic rings. The normalized spacial score (nSPS) is 10.6. The number of carbonyl (C=O) groups is 2. The molecule has 30 heavy (non-hydrogen) atoms. The molecular formula is C23H19ClN2O4. The van der Waals surface area contributed by atoms with Crippen LogP contribution in [0.3, 0.4) is 0 Å². The first-order valence-electron chi connectivity index (χ1n) is 9.02. The molecule has 0 atom stereocenters. The number of rotatable bonds is 6. The van der Waals surface area contributed by atoms with E-state index in [9.17, 15) is 9.59 Å². The average molecular weight is 423 g/mol. The number of hydrogen-bond acceptors (Lipinski definition) is 5. The van der Waals surface area contributed by atoms with Gasteiger partial charge in [0.2, 0.25) is 0 Å². The predicted molar refractivity (Wildman–Crippen MR) is 116 cm³/mol. The zero-order valence-corrected chi connectivity index (χ0v) is 17.1. The van der Waals surface area contributed by atoms with Gasteiger partial charge in [-0.15, -0.1) is 0 Å². The number of nitrogens with one attached hydrogen (secondary N) is 1. The third kappa shape index (κ3) is 5.46. The molecule has 0 aromatic heterocycles. The number of methoxy groups -OCH3 is 1. The number of carbonyl (C=O) groups excluding carboxylic acids is 2. The molecule has 0 aliphatic rings.